The topological polar surface area (TPSA) is 30.5 Å². The van der Waals surface area contributed by atoms with E-state index in [9.17, 15) is 0 Å². The van der Waals surface area contributed by atoms with Crippen LogP contribution in [-0.2, 0) is 6.42 Å². The highest BCUT2D eigenvalue weighted by atomic mass is 35.5. The fourth-order valence-corrected chi connectivity index (χ4v) is 2.97. The Balaban J connectivity index is 2.51. The molecule has 0 aliphatic carbocycles. The fraction of sp³-hybridized carbons (Fsp3) is 0.571. The molecule has 1 atom stereocenters. The Kier molecular flexibility index (Phi) is 4.36. The molecule has 0 amide bonds. The van der Waals surface area contributed by atoms with Crippen molar-refractivity contribution in [3.05, 3.63) is 22.2 Å². The van der Waals surface area contributed by atoms with E-state index in [1.165, 1.54) is 11.1 Å². The van der Waals surface area contributed by atoms with Crippen molar-refractivity contribution in [2.75, 3.05) is 20.8 Å². The Hall–Kier alpha value is -0.930. The van der Waals surface area contributed by atoms with Crippen LogP contribution in [0.4, 0.5) is 0 Å². The molecule has 4 heteroatoms. The molecule has 2 rings (SSSR count). The van der Waals surface area contributed by atoms with Gasteiger partial charge in [-0.1, -0.05) is 24.9 Å². The molecule has 1 aliphatic heterocycles. The van der Waals surface area contributed by atoms with Crippen molar-refractivity contribution >= 4 is 11.6 Å². The lowest BCUT2D eigenvalue weighted by molar-refractivity contribution is 0.351. The van der Waals surface area contributed by atoms with Crippen molar-refractivity contribution < 1.29 is 9.47 Å². The Labute approximate surface area is 113 Å². The van der Waals surface area contributed by atoms with Gasteiger partial charge in [-0.3, -0.25) is 0 Å². The molecule has 1 aromatic rings. The fourth-order valence-electron chi connectivity index (χ4n) is 2.60. The molecule has 1 N–H and O–H groups in total. The van der Waals surface area contributed by atoms with Gasteiger partial charge in [0.15, 0.2) is 11.5 Å². The summed E-state index contributed by atoms with van der Waals surface area (Å²) in [5.41, 5.74) is 2.46. The van der Waals surface area contributed by atoms with Gasteiger partial charge in [0.05, 0.1) is 19.2 Å². The number of methoxy groups -OCH3 is 2. The van der Waals surface area contributed by atoms with E-state index < -0.39 is 0 Å². The van der Waals surface area contributed by atoms with E-state index in [0.29, 0.717) is 22.6 Å². The van der Waals surface area contributed by atoms with Gasteiger partial charge < -0.3 is 14.8 Å². The third-order valence-corrected chi connectivity index (χ3v) is 3.87. The Morgan fingerprint density at radius 1 is 1.39 bits per heavy atom. The molecule has 1 heterocycles. The summed E-state index contributed by atoms with van der Waals surface area (Å²) < 4.78 is 10.7. The van der Waals surface area contributed by atoms with Crippen LogP contribution in [0.2, 0.25) is 5.02 Å². The molecule has 100 valence electrons. The zero-order chi connectivity index (χ0) is 13.1. The highest BCUT2D eigenvalue weighted by molar-refractivity contribution is 6.33. The number of hydrogen-bond acceptors (Lipinski definition) is 3. The zero-order valence-electron chi connectivity index (χ0n) is 11.2. The first kappa shape index (κ1) is 13.5. The largest absolute Gasteiger partial charge is 0.493 e. The van der Waals surface area contributed by atoms with E-state index in [-0.39, 0.29) is 0 Å². The second-order valence-electron chi connectivity index (χ2n) is 4.54. The molecule has 1 aliphatic rings. The van der Waals surface area contributed by atoms with E-state index >= 15 is 0 Å². The highest BCUT2D eigenvalue weighted by Gasteiger charge is 2.25. The van der Waals surface area contributed by atoms with Crippen LogP contribution in [0.25, 0.3) is 0 Å². The summed E-state index contributed by atoms with van der Waals surface area (Å²) in [4.78, 5) is 0. The maximum absolute atomic E-state index is 6.44. The van der Waals surface area contributed by atoms with E-state index in [4.69, 9.17) is 21.1 Å². The molecular formula is C14H20ClNO2. The third-order valence-electron chi connectivity index (χ3n) is 3.47. The van der Waals surface area contributed by atoms with Gasteiger partial charge in [0, 0.05) is 6.04 Å². The van der Waals surface area contributed by atoms with E-state index in [2.05, 4.69) is 18.3 Å². The van der Waals surface area contributed by atoms with Crippen molar-refractivity contribution in [2.45, 2.75) is 32.2 Å². The summed E-state index contributed by atoms with van der Waals surface area (Å²) in [7, 11) is 3.27. The Morgan fingerprint density at radius 2 is 2.17 bits per heavy atom. The summed E-state index contributed by atoms with van der Waals surface area (Å²) in [5.74, 6) is 1.36. The predicted molar refractivity (Wildman–Crippen MR) is 73.9 cm³/mol. The standard InChI is InChI=1S/C14H20ClNO2/c1-4-5-11-10-8-12(17-2)14(18-3)13(15)9(10)6-7-16-11/h8,11,16H,4-7H2,1-3H3. The van der Waals surface area contributed by atoms with E-state index in [0.717, 1.165) is 25.8 Å². The van der Waals surface area contributed by atoms with Crippen molar-refractivity contribution in [1.29, 1.82) is 0 Å². The molecule has 1 unspecified atom stereocenters. The molecule has 0 saturated carbocycles. The van der Waals surface area contributed by atoms with Crippen LogP contribution in [0.1, 0.15) is 36.9 Å². The minimum Gasteiger partial charge on any atom is -0.493 e. The third kappa shape index (κ3) is 2.29. The number of benzene rings is 1. The second kappa shape index (κ2) is 5.81. The quantitative estimate of drug-likeness (QED) is 0.909. The molecule has 3 nitrogen and oxygen atoms in total. The summed E-state index contributed by atoms with van der Waals surface area (Å²) in [5, 5.41) is 4.24. The summed E-state index contributed by atoms with van der Waals surface area (Å²) >= 11 is 6.44. The second-order valence-corrected chi connectivity index (χ2v) is 4.92. The summed E-state index contributed by atoms with van der Waals surface area (Å²) in [6.07, 6.45) is 3.19. The maximum Gasteiger partial charge on any atom is 0.179 e. The number of fused-ring (bicyclic) bond motifs is 1. The van der Waals surface area contributed by atoms with Gasteiger partial charge in [-0.15, -0.1) is 0 Å². The van der Waals surface area contributed by atoms with Crippen LogP contribution in [-0.4, -0.2) is 20.8 Å². The lowest BCUT2D eigenvalue weighted by Gasteiger charge is -2.29. The Bertz CT molecular complexity index is 434. The first-order chi connectivity index (χ1) is 8.72. The summed E-state index contributed by atoms with van der Waals surface area (Å²) in [6, 6.07) is 2.43. The van der Waals surface area contributed by atoms with Crippen LogP contribution in [0.15, 0.2) is 6.07 Å². The molecule has 18 heavy (non-hydrogen) atoms. The molecule has 0 fully saturated rings. The first-order valence-electron chi connectivity index (χ1n) is 6.39. The van der Waals surface area contributed by atoms with Crippen LogP contribution >= 0.6 is 11.6 Å². The zero-order valence-corrected chi connectivity index (χ0v) is 11.9. The van der Waals surface area contributed by atoms with Gasteiger partial charge in [-0.05, 0) is 36.6 Å². The van der Waals surface area contributed by atoms with Gasteiger partial charge >= 0.3 is 0 Å². The van der Waals surface area contributed by atoms with Gasteiger partial charge in [0.2, 0.25) is 0 Å². The molecule has 1 aromatic carbocycles. The van der Waals surface area contributed by atoms with Crippen LogP contribution in [0.5, 0.6) is 11.5 Å². The number of nitrogens with one attached hydrogen (secondary N) is 1. The number of halogens is 1. The summed E-state index contributed by atoms with van der Waals surface area (Å²) in [6.45, 7) is 3.16. The smallest absolute Gasteiger partial charge is 0.179 e. The van der Waals surface area contributed by atoms with Crippen molar-refractivity contribution in [1.82, 2.24) is 5.32 Å². The van der Waals surface area contributed by atoms with Gasteiger partial charge in [0.1, 0.15) is 0 Å². The Morgan fingerprint density at radius 3 is 2.78 bits per heavy atom. The van der Waals surface area contributed by atoms with E-state index in [1.807, 2.05) is 0 Å². The molecule has 0 radical (unpaired) electrons. The van der Waals surface area contributed by atoms with Gasteiger partial charge in [0.25, 0.3) is 0 Å². The van der Waals surface area contributed by atoms with Crippen LogP contribution in [0.3, 0.4) is 0 Å². The molecule has 0 spiro atoms. The number of rotatable bonds is 4. The molecular weight excluding hydrogens is 250 g/mol. The van der Waals surface area contributed by atoms with Crippen LogP contribution < -0.4 is 14.8 Å². The number of hydrogen-bond donors (Lipinski definition) is 1. The molecule has 0 saturated heterocycles. The predicted octanol–water partition coefficient (Wildman–Crippen LogP) is 3.34. The molecule has 0 bridgehead atoms. The minimum atomic E-state index is 0.371. The van der Waals surface area contributed by atoms with E-state index in [1.54, 1.807) is 14.2 Å². The molecule has 0 aromatic heterocycles. The lowest BCUT2D eigenvalue weighted by atomic mass is 9.91. The van der Waals surface area contributed by atoms with Crippen molar-refractivity contribution in [2.24, 2.45) is 0 Å². The van der Waals surface area contributed by atoms with Crippen molar-refractivity contribution in [3.63, 3.8) is 0 Å². The highest BCUT2D eigenvalue weighted by Crippen LogP contribution is 2.43. The van der Waals surface area contributed by atoms with Crippen LogP contribution in [0, 0.1) is 0 Å². The van der Waals surface area contributed by atoms with Crippen molar-refractivity contribution in [3.8, 4) is 11.5 Å². The average molecular weight is 270 g/mol. The minimum absolute atomic E-state index is 0.371. The first-order valence-corrected chi connectivity index (χ1v) is 6.77. The van der Waals surface area contributed by atoms with Gasteiger partial charge in [-0.25, -0.2) is 0 Å². The monoisotopic (exact) mass is 269 g/mol. The SMILES string of the molecule is CCCC1NCCc2c1cc(OC)c(OC)c2Cl. The average Bonchev–Trinajstić information content (AvgIpc) is 2.39. The van der Waals surface area contributed by atoms with Gasteiger partial charge in [-0.2, -0.15) is 0 Å². The maximum atomic E-state index is 6.44. The lowest BCUT2D eigenvalue weighted by Crippen LogP contribution is -2.30. The normalized spacial score (nSPS) is 18.3. The number of ether oxygens (including phenoxy) is 2.